The lowest BCUT2D eigenvalue weighted by Crippen LogP contribution is -2.14. The second-order valence-electron chi connectivity index (χ2n) is 7.89. The fraction of sp³-hybridized carbons (Fsp3) is 0.476. The van der Waals surface area contributed by atoms with Gasteiger partial charge in [-0.05, 0) is 31.0 Å². The molecule has 1 amide bonds. The summed E-state index contributed by atoms with van der Waals surface area (Å²) in [5.74, 6) is 0.791. The Hall–Kier alpha value is -2.67. The monoisotopic (exact) mass is 512 g/mol. The number of nitrogens with one attached hydrogen (secondary N) is 1. The van der Waals surface area contributed by atoms with Crippen molar-refractivity contribution in [2.24, 2.45) is 7.05 Å². The van der Waals surface area contributed by atoms with Crippen molar-refractivity contribution in [3.63, 3.8) is 0 Å². The maximum Gasteiger partial charge on any atom is 0.416 e. The maximum absolute atomic E-state index is 12.8. The van der Waals surface area contributed by atoms with Crippen LogP contribution < -0.4 is 10.1 Å². The van der Waals surface area contributed by atoms with Gasteiger partial charge >= 0.3 is 6.18 Å². The molecule has 1 N–H and O–H groups in total. The van der Waals surface area contributed by atoms with Crippen LogP contribution in [0.15, 0.2) is 29.4 Å². The Kier molecular flexibility index (Phi) is 7.71. The van der Waals surface area contributed by atoms with E-state index in [4.69, 9.17) is 4.74 Å². The first-order valence-corrected chi connectivity index (χ1v) is 12.5. The summed E-state index contributed by atoms with van der Waals surface area (Å²) in [6, 6.07) is 4.64. The van der Waals surface area contributed by atoms with Gasteiger partial charge in [0.15, 0.2) is 11.0 Å². The van der Waals surface area contributed by atoms with Crippen LogP contribution in [0.5, 0.6) is 5.75 Å². The van der Waals surface area contributed by atoms with Gasteiger partial charge in [0.2, 0.25) is 11.0 Å². The molecule has 2 heterocycles. The summed E-state index contributed by atoms with van der Waals surface area (Å²) >= 11 is 2.61. The molecule has 1 fully saturated rings. The summed E-state index contributed by atoms with van der Waals surface area (Å²) in [6.45, 7) is -0.0632. The van der Waals surface area contributed by atoms with E-state index in [0.29, 0.717) is 22.0 Å². The van der Waals surface area contributed by atoms with Gasteiger partial charge in [-0.2, -0.15) is 13.2 Å². The van der Waals surface area contributed by atoms with E-state index in [9.17, 15) is 18.0 Å². The number of ether oxygens (including phenoxy) is 1. The van der Waals surface area contributed by atoms with E-state index in [1.165, 1.54) is 54.5 Å². The number of carbonyl (C=O) groups is 1. The molecule has 4 rings (SSSR count). The zero-order chi connectivity index (χ0) is 24.1. The summed E-state index contributed by atoms with van der Waals surface area (Å²) in [4.78, 5) is 12.3. The first-order chi connectivity index (χ1) is 16.3. The van der Waals surface area contributed by atoms with Crippen molar-refractivity contribution in [2.75, 3.05) is 11.1 Å². The molecule has 182 valence electrons. The minimum Gasteiger partial charge on any atom is -0.486 e. The molecule has 0 atom stereocenters. The first kappa shape index (κ1) is 24.5. The molecule has 0 aliphatic heterocycles. The number of carbonyl (C=O) groups excluding carboxylic acids is 1. The SMILES string of the molecule is Cn1c(COc2cccc(C(F)(F)F)c2)nnc1SCC(=O)Nc1nnc(C2CCCCC2)s1. The minimum atomic E-state index is -4.44. The molecule has 34 heavy (non-hydrogen) atoms. The lowest BCUT2D eigenvalue weighted by atomic mass is 9.90. The lowest BCUT2D eigenvalue weighted by molar-refractivity contribution is -0.137. The Balaban J connectivity index is 1.27. The summed E-state index contributed by atoms with van der Waals surface area (Å²) < 4.78 is 45.6. The highest BCUT2D eigenvalue weighted by Crippen LogP contribution is 2.35. The quantitative estimate of drug-likeness (QED) is 0.423. The van der Waals surface area contributed by atoms with Crippen molar-refractivity contribution in [1.29, 1.82) is 0 Å². The van der Waals surface area contributed by atoms with Crippen LogP contribution in [0.4, 0.5) is 18.3 Å². The Labute approximate surface area is 202 Å². The number of hydrogen-bond donors (Lipinski definition) is 1. The van der Waals surface area contributed by atoms with Gasteiger partial charge in [-0.25, -0.2) is 0 Å². The molecule has 2 aromatic heterocycles. The number of halogens is 3. The topological polar surface area (TPSA) is 94.8 Å². The first-order valence-electron chi connectivity index (χ1n) is 10.7. The van der Waals surface area contributed by atoms with E-state index in [2.05, 4.69) is 25.7 Å². The van der Waals surface area contributed by atoms with Gasteiger partial charge in [-0.15, -0.1) is 20.4 Å². The van der Waals surface area contributed by atoms with E-state index in [-0.39, 0.29) is 24.0 Å². The third-order valence-electron chi connectivity index (χ3n) is 5.43. The van der Waals surface area contributed by atoms with Gasteiger partial charge in [0.25, 0.3) is 0 Å². The van der Waals surface area contributed by atoms with Crippen LogP contribution in [0.3, 0.4) is 0 Å². The molecule has 1 aromatic carbocycles. The van der Waals surface area contributed by atoms with Crippen molar-refractivity contribution < 1.29 is 22.7 Å². The Bertz CT molecular complexity index is 1130. The number of thioether (sulfide) groups is 1. The zero-order valence-corrected chi connectivity index (χ0v) is 20.0. The predicted molar refractivity (Wildman–Crippen MR) is 122 cm³/mol. The average molecular weight is 513 g/mol. The summed E-state index contributed by atoms with van der Waals surface area (Å²) in [6.07, 6.45) is 1.45. The van der Waals surface area contributed by atoms with E-state index in [0.717, 1.165) is 30.0 Å². The number of anilines is 1. The molecule has 1 aliphatic carbocycles. The van der Waals surface area contributed by atoms with Crippen LogP contribution >= 0.6 is 23.1 Å². The number of benzene rings is 1. The van der Waals surface area contributed by atoms with Crippen LogP contribution in [0.1, 0.15) is 54.4 Å². The Morgan fingerprint density at radius 2 is 2.00 bits per heavy atom. The highest BCUT2D eigenvalue weighted by atomic mass is 32.2. The molecule has 0 radical (unpaired) electrons. The maximum atomic E-state index is 12.8. The van der Waals surface area contributed by atoms with E-state index >= 15 is 0 Å². The number of hydrogen-bond acceptors (Lipinski definition) is 8. The van der Waals surface area contributed by atoms with Crippen molar-refractivity contribution in [2.45, 2.75) is 56.0 Å². The highest BCUT2D eigenvalue weighted by Gasteiger charge is 2.30. The fourth-order valence-electron chi connectivity index (χ4n) is 3.59. The number of amides is 1. The van der Waals surface area contributed by atoms with Gasteiger partial charge < -0.3 is 9.30 Å². The Morgan fingerprint density at radius 3 is 2.76 bits per heavy atom. The average Bonchev–Trinajstić information content (AvgIpc) is 3.43. The van der Waals surface area contributed by atoms with E-state index < -0.39 is 11.7 Å². The molecule has 8 nitrogen and oxygen atoms in total. The number of alkyl halides is 3. The van der Waals surface area contributed by atoms with Crippen LogP contribution in [-0.4, -0.2) is 36.6 Å². The molecule has 0 spiro atoms. The Morgan fingerprint density at radius 1 is 1.21 bits per heavy atom. The van der Waals surface area contributed by atoms with Gasteiger partial charge in [-0.3, -0.25) is 10.1 Å². The molecule has 0 saturated heterocycles. The molecule has 3 aromatic rings. The van der Waals surface area contributed by atoms with Crippen molar-refractivity contribution in [3.05, 3.63) is 40.7 Å². The van der Waals surface area contributed by atoms with Crippen LogP contribution in [0.25, 0.3) is 0 Å². The summed E-state index contributed by atoms with van der Waals surface area (Å²) in [5.41, 5.74) is -0.786. The second kappa shape index (κ2) is 10.7. The summed E-state index contributed by atoms with van der Waals surface area (Å²) in [5, 5.41) is 21.1. The molecule has 0 bridgehead atoms. The molecule has 1 saturated carbocycles. The lowest BCUT2D eigenvalue weighted by Gasteiger charge is -2.18. The van der Waals surface area contributed by atoms with Gasteiger partial charge in [0.05, 0.1) is 11.3 Å². The zero-order valence-electron chi connectivity index (χ0n) is 18.3. The van der Waals surface area contributed by atoms with Crippen molar-refractivity contribution >= 4 is 34.1 Å². The number of aromatic nitrogens is 5. The molecular weight excluding hydrogens is 489 g/mol. The number of rotatable bonds is 8. The van der Waals surface area contributed by atoms with Crippen LogP contribution in [0, 0.1) is 0 Å². The van der Waals surface area contributed by atoms with Gasteiger partial charge in [0.1, 0.15) is 17.4 Å². The van der Waals surface area contributed by atoms with Crippen molar-refractivity contribution in [1.82, 2.24) is 25.0 Å². The standard InChI is InChI=1S/C21H23F3N6O2S2/c1-30-16(11-32-15-9-5-8-14(10-15)21(22,23)24)26-29-20(30)33-12-17(31)25-19-28-27-18(34-19)13-6-3-2-4-7-13/h5,8-10,13H,2-4,6-7,11-12H2,1H3,(H,25,28,31). The summed E-state index contributed by atoms with van der Waals surface area (Å²) in [7, 11) is 1.70. The predicted octanol–water partition coefficient (Wildman–Crippen LogP) is 5.04. The van der Waals surface area contributed by atoms with Gasteiger partial charge in [0, 0.05) is 13.0 Å². The third kappa shape index (κ3) is 6.26. The molecule has 13 heteroatoms. The fourth-order valence-corrected chi connectivity index (χ4v) is 5.25. The van der Waals surface area contributed by atoms with Crippen LogP contribution in [0.2, 0.25) is 0 Å². The smallest absolute Gasteiger partial charge is 0.416 e. The van der Waals surface area contributed by atoms with Gasteiger partial charge in [-0.1, -0.05) is 48.4 Å². The van der Waals surface area contributed by atoms with Crippen LogP contribution in [-0.2, 0) is 24.6 Å². The second-order valence-corrected chi connectivity index (χ2v) is 9.84. The minimum absolute atomic E-state index is 0.0632. The largest absolute Gasteiger partial charge is 0.486 e. The van der Waals surface area contributed by atoms with E-state index in [1.54, 1.807) is 11.6 Å². The molecular formula is C21H23F3N6O2S2. The molecule has 0 unspecified atom stereocenters. The third-order valence-corrected chi connectivity index (χ3v) is 7.45. The van der Waals surface area contributed by atoms with E-state index in [1.807, 2.05) is 0 Å². The normalized spacial score (nSPS) is 14.8. The number of nitrogens with zero attached hydrogens (tertiary/aromatic N) is 5. The van der Waals surface area contributed by atoms with Crippen molar-refractivity contribution in [3.8, 4) is 5.75 Å². The highest BCUT2D eigenvalue weighted by molar-refractivity contribution is 7.99. The molecule has 1 aliphatic rings.